The first kappa shape index (κ1) is 15.2. The van der Waals surface area contributed by atoms with Gasteiger partial charge in [0.1, 0.15) is 5.41 Å². The van der Waals surface area contributed by atoms with E-state index in [0.717, 1.165) is 44.9 Å². The molecule has 1 aromatic heterocycles. The van der Waals surface area contributed by atoms with Crippen LogP contribution in [-0.2, 0) is 9.53 Å². The van der Waals surface area contributed by atoms with Gasteiger partial charge in [-0.3, -0.25) is 4.79 Å². The van der Waals surface area contributed by atoms with Gasteiger partial charge >= 0.3 is 0 Å². The second-order valence-electron chi connectivity index (χ2n) is 7.25. The van der Waals surface area contributed by atoms with Crippen molar-refractivity contribution in [3.63, 3.8) is 0 Å². The highest BCUT2D eigenvalue weighted by molar-refractivity contribution is 7.10. The molecule has 1 spiro atoms. The highest BCUT2D eigenvalue weighted by Crippen LogP contribution is 2.71. The van der Waals surface area contributed by atoms with Gasteiger partial charge in [-0.05, 0) is 43.6 Å². The van der Waals surface area contributed by atoms with Crippen molar-refractivity contribution in [2.75, 3.05) is 6.61 Å². The second-order valence-corrected chi connectivity index (χ2v) is 8.23. The summed E-state index contributed by atoms with van der Waals surface area (Å²) in [4.78, 5) is 14.0. The van der Waals surface area contributed by atoms with E-state index in [9.17, 15) is 10.1 Å². The summed E-state index contributed by atoms with van der Waals surface area (Å²) in [7, 11) is 0. The van der Waals surface area contributed by atoms with Gasteiger partial charge in [0.2, 0.25) is 5.91 Å². The Balaban J connectivity index is 1.42. The highest BCUT2D eigenvalue weighted by atomic mass is 32.1. The predicted molar refractivity (Wildman–Crippen MR) is 87.7 cm³/mol. The Kier molecular flexibility index (Phi) is 3.70. The Labute approximate surface area is 140 Å². The van der Waals surface area contributed by atoms with Crippen LogP contribution in [0.25, 0.3) is 0 Å². The molecule has 0 aromatic carbocycles. The average molecular weight is 330 g/mol. The molecular weight excluding hydrogens is 308 g/mol. The van der Waals surface area contributed by atoms with Gasteiger partial charge in [0, 0.05) is 22.9 Å². The molecule has 5 heteroatoms. The summed E-state index contributed by atoms with van der Waals surface area (Å²) in [6, 6.07) is 6.61. The molecule has 1 aromatic rings. The van der Waals surface area contributed by atoms with Crippen LogP contribution in [0.4, 0.5) is 0 Å². The third-order valence-electron chi connectivity index (χ3n) is 6.00. The van der Waals surface area contributed by atoms with Crippen LogP contribution >= 0.6 is 11.3 Å². The molecule has 1 saturated heterocycles. The first-order valence-corrected chi connectivity index (χ1v) is 9.44. The van der Waals surface area contributed by atoms with Crippen molar-refractivity contribution in [2.45, 2.75) is 57.1 Å². The molecule has 3 atom stereocenters. The molecule has 0 radical (unpaired) electrons. The number of nitriles is 1. The minimum Gasteiger partial charge on any atom is -0.373 e. The van der Waals surface area contributed by atoms with Gasteiger partial charge in [-0.2, -0.15) is 5.26 Å². The van der Waals surface area contributed by atoms with Gasteiger partial charge in [-0.25, -0.2) is 0 Å². The van der Waals surface area contributed by atoms with Crippen LogP contribution in [0.5, 0.6) is 0 Å². The topological polar surface area (TPSA) is 62.1 Å². The lowest BCUT2D eigenvalue weighted by Gasteiger charge is -2.30. The Morgan fingerprint density at radius 1 is 1.43 bits per heavy atom. The van der Waals surface area contributed by atoms with Gasteiger partial charge in [-0.1, -0.05) is 18.9 Å². The van der Waals surface area contributed by atoms with Crippen LogP contribution in [0.15, 0.2) is 17.5 Å². The highest BCUT2D eigenvalue weighted by Gasteiger charge is 2.72. The number of hydrogen-bond acceptors (Lipinski definition) is 4. The van der Waals surface area contributed by atoms with E-state index in [4.69, 9.17) is 4.74 Å². The number of carbonyl (C=O) groups is 1. The third-order valence-corrected chi connectivity index (χ3v) is 6.97. The quantitative estimate of drug-likeness (QED) is 0.922. The van der Waals surface area contributed by atoms with Gasteiger partial charge in [0.25, 0.3) is 0 Å². The number of hydrogen-bond donors (Lipinski definition) is 1. The number of nitrogens with zero attached hydrogens (tertiary/aromatic N) is 1. The van der Waals surface area contributed by atoms with E-state index in [0.29, 0.717) is 6.61 Å². The molecule has 1 amide bonds. The fraction of sp³-hybridized carbons (Fsp3) is 0.667. The van der Waals surface area contributed by atoms with Crippen molar-refractivity contribution < 1.29 is 9.53 Å². The standard InChI is InChI=1S/C18H22N2O2S/c19-12-18(11-17(18)6-1-2-7-17)16(21)20-13-5-8-22-14(10-13)15-4-3-9-23-15/h3-4,9,13-14H,1-2,5-8,10-11H2,(H,20,21). The van der Waals surface area contributed by atoms with Gasteiger partial charge in [-0.15, -0.1) is 11.3 Å². The van der Waals surface area contributed by atoms with Crippen LogP contribution in [0.3, 0.4) is 0 Å². The smallest absolute Gasteiger partial charge is 0.241 e. The number of carbonyl (C=O) groups excluding carboxylic acids is 1. The molecule has 3 aliphatic rings. The average Bonchev–Trinajstić information content (AvgIpc) is 2.97. The van der Waals surface area contributed by atoms with Gasteiger partial charge in [0.15, 0.2) is 0 Å². The van der Waals surface area contributed by atoms with E-state index in [2.05, 4.69) is 22.8 Å². The fourth-order valence-corrected chi connectivity index (χ4v) is 5.35. The lowest BCUT2D eigenvalue weighted by atomic mass is 9.90. The molecule has 1 N–H and O–H groups in total. The van der Waals surface area contributed by atoms with E-state index in [1.165, 1.54) is 4.88 Å². The van der Waals surface area contributed by atoms with Crippen LogP contribution in [0, 0.1) is 22.2 Å². The lowest BCUT2D eigenvalue weighted by molar-refractivity contribution is -0.127. The largest absolute Gasteiger partial charge is 0.373 e. The number of nitrogens with one attached hydrogen (secondary N) is 1. The maximum atomic E-state index is 12.8. The zero-order valence-electron chi connectivity index (χ0n) is 13.2. The summed E-state index contributed by atoms with van der Waals surface area (Å²) < 4.78 is 5.85. The number of thiophene rings is 1. The minimum atomic E-state index is -0.750. The van der Waals surface area contributed by atoms with Crippen molar-refractivity contribution in [1.82, 2.24) is 5.32 Å². The van der Waals surface area contributed by atoms with Gasteiger partial charge < -0.3 is 10.1 Å². The maximum absolute atomic E-state index is 12.8. The van der Waals surface area contributed by atoms with Crippen molar-refractivity contribution >= 4 is 17.2 Å². The molecular formula is C18H22N2O2S. The normalized spacial score (nSPS) is 34.9. The number of amides is 1. The van der Waals surface area contributed by atoms with E-state index < -0.39 is 5.41 Å². The summed E-state index contributed by atoms with van der Waals surface area (Å²) in [5, 5.41) is 14.9. The Morgan fingerprint density at radius 3 is 2.96 bits per heavy atom. The summed E-state index contributed by atoms with van der Waals surface area (Å²) in [5.41, 5.74) is -0.760. The third kappa shape index (κ3) is 2.40. The van der Waals surface area contributed by atoms with E-state index >= 15 is 0 Å². The zero-order chi connectivity index (χ0) is 15.9. The minimum absolute atomic E-state index is 0.00977. The Bertz CT molecular complexity index is 630. The molecule has 0 bridgehead atoms. The molecule has 4 nitrogen and oxygen atoms in total. The fourth-order valence-electron chi connectivity index (χ4n) is 4.56. The second kappa shape index (κ2) is 5.61. The number of ether oxygens (including phenoxy) is 1. The summed E-state index contributed by atoms with van der Waals surface area (Å²) >= 11 is 1.70. The van der Waals surface area contributed by atoms with Crippen molar-refractivity contribution in [2.24, 2.45) is 10.8 Å². The lowest BCUT2D eigenvalue weighted by Crippen LogP contribution is -2.44. The summed E-state index contributed by atoms with van der Waals surface area (Å²) in [6.07, 6.45) is 6.89. The van der Waals surface area contributed by atoms with E-state index in [1.54, 1.807) is 11.3 Å². The molecule has 23 heavy (non-hydrogen) atoms. The Hall–Kier alpha value is -1.38. The summed E-state index contributed by atoms with van der Waals surface area (Å²) in [6.45, 7) is 0.665. The van der Waals surface area contributed by atoms with Crippen LogP contribution in [0.2, 0.25) is 0 Å². The zero-order valence-corrected chi connectivity index (χ0v) is 14.0. The molecule has 2 aliphatic carbocycles. The molecule has 1 aliphatic heterocycles. The first-order valence-electron chi connectivity index (χ1n) is 8.56. The maximum Gasteiger partial charge on any atom is 0.241 e. The SMILES string of the molecule is N#CC1(C(=O)NC2CCOC(c3cccs3)C2)CC12CCCC2. The van der Waals surface area contributed by atoms with Crippen LogP contribution in [-0.4, -0.2) is 18.6 Å². The van der Waals surface area contributed by atoms with Crippen molar-refractivity contribution in [1.29, 1.82) is 5.26 Å². The molecule has 2 heterocycles. The first-order chi connectivity index (χ1) is 11.2. The Morgan fingerprint density at radius 2 is 2.26 bits per heavy atom. The molecule has 3 unspecified atom stereocenters. The monoisotopic (exact) mass is 330 g/mol. The predicted octanol–water partition coefficient (Wildman–Crippen LogP) is 3.56. The van der Waals surface area contributed by atoms with Crippen LogP contribution < -0.4 is 5.32 Å². The summed E-state index contributed by atoms with van der Waals surface area (Å²) in [5.74, 6) is -0.0290. The van der Waals surface area contributed by atoms with Crippen LogP contribution in [0.1, 0.15) is 55.9 Å². The van der Waals surface area contributed by atoms with Crippen molar-refractivity contribution in [3.8, 4) is 6.07 Å². The molecule has 4 rings (SSSR count). The van der Waals surface area contributed by atoms with E-state index in [1.807, 2.05) is 6.07 Å². The number of rotatable bonds is 3. The van der Waals surface area contributed by atoms with E-state index in [-0.39, 0.29) is 23.5 Å². The molecule has 3 fully saturated rings. The van der Waals surface area contributed by atoms with Gasteiger partial charge in [0.05, 0.1) is 12.2 Å². The molecule has 2 saturated carbocycles. The van der Waals surface area contributed by atoms with Crippen molar-refractivity contribution in [3.05, 3.63) is 22.4 Å². The molecule has 122 valence electrons.